The summed E-state index contributed by atoms with van der Waals surface area (Å²) in [5, 5.41) is 53.1. The van der Waals surface area contributed by atoms with Gasteiger partial charge in [-0.25, -0.2) is 4.79 Å². The van der Waals surface area contributed by atoms with Gasteiger partial charge in [0, 0.05) is 0 Å². The number of carboxylic acid groups (broad SMARTS) is 2. The van der Waals surface area contributed by atoms with Gasteiger partial charge in [-0.05, 0) is 27.7 Å². The van der Waals surface area contributed by atoms with Crippen molar-refractivity contribution in [2.45, 2.75) is 52.1 Å². The Balaban J connectivity index is -0.000000167. The van der Waals surface area contributed by atoms with Gasteiger partial charge in [-0.3, -0.25) is 0 Å². The van der Waals surface area contributed by atoms with Crippen LogP contribution in [0.4, 0.5) is 0 Å². The van der Waals surface area contributed by atoms with Crippen LogP contribution in [0.15, 0.2) is 0 Å². The number of aliphatic hydroxyl groups is 4. The van der Waals surface area contributed by atoms with Crippen molar-refractivity contribution in [2.24, 2.45) is 0 Å². The van der Waals surface area contributed by atoms with E-state index in [0.717, 1.165) is 0 Å². The van der Waals surface area contributed by atoms with E-state index in [4.69, 9.17) is 25.5 Å². The van der Waals surface area contributed by atoms with Gasteiger partial charge >= 0.3 is 35.5 Å². The van der Waals surface area contributed by atoms with E-state index in [1.807, 2.05) is 0 Å². The Kier molecular flexibility index (Phi) is 20.9. The summed E-state index contributed by atoms with van der Waals surface area (Å²) in [6.07, 6.45) is -9.52. The summed E-state index contributed by atoms with van der Waals surface area (Å²) in [5.74, 6) is -3.61. The number of ketones is 2. The number of hydrogen-bond donors (Lipinski definition) is 5. The maximum absolute atomic E-state index is 10.1. The van der Waals surface area contributed by atoms with E-state index in [2.05, 4.69) is 0 Å². The van der Waals surface area contributed by atoms with Crippen LogP contribution in [0.1, 0.15) is 27.7 Å². The van der Waals surface area contributed by atoms with Crippen LogP contribution in [0.25, 0.3) is 0 Å². The van der Waals surface area contributed by atoms with E-state index in [1.54, 1.807) is 0 Å². The molecular weight excluding hydrogens is 327 g/mol. The number of aliphatic carboxylic acids is 2. The molecule has 0 saturated heterocycles. The van der Waals surface area contributed by atoms with Crippen molar-refractivity contribution in [3.8, 4) is 0 Å². The molecule has 0 saturated carbocycles. The molecule has 0 radical (unpaired) electrons. The third-order valence-electron chi connectivity index (χ3n) is 1.49. The van der Waals surface area contributed by atoms with Crippen LogP contribution in [0.5, 0.6) is 0 Å². The van der Waals surface area contributed by atoms with E-state index >= 15 is 0 Å². The fraction of sp³-hybridized carbons (Fsp3) is 0.667. The summed E-state index contributed by atoms with van der Waals surface area (Å²) in [5.41, 5.74) is 0. The molecule has 0 aliphatic carbocycles. The number of aliphatic hydroxyl groups excluding tert-OH is 4. The Morgan fingerprint density at radius 1 is 0.739 bits per heavy atom. The molecule has 0 amide bonds. The van der Waals surface area contributed by atoms with Crippen LogP contribution in [0, 0.1) is 0 Å². The minimum absolute atomic E-state index is 0. The molecular formula is C12H21NaO10. The van der Waals surface area contributed by atoms with Crippen molar-refractivity contribution < 1.29 is 79.4 Å². The van der Waals surface area contributed by atoms with Crippen LogP contribution in [0.2, 0.25) is 0 Å². The van der Waals surface area contributed by atoms with E-state index < -0.39 is 36.4 Å². The fourth-order valence-corrected chi connectivity index (χ4v) is 0.659. The van der Waals surface area contributed by atoms with Gasteiger partial charge in [0.1, 0.15) is 29.9 Å². The number of carboxylic acids is 2. The molecule has 11 heteroatoms. The minimum atomic E-state index is -2.47. The quantitative estimate of drug-likeness (QED) is 0.298. The Hall–Kier alpha value is -0.880. The molecule has 130 valence electrons. The molecule has 0 heterocycles. The Morgan fingerprint density at radius 3 is 1.13 bits per heavy atom. The number of Topliss-reactive ketones (excluding diaryl/α,β-unsaturated/α-hetero) is 2. The maximum atomic E-state index is 10.1. The summed E-state index contributed by atoms with van der Waals surface area (Å²) >= 11 is 0. The number of hydrogen-bond acceptors (Lipinski definition) is 9. The number of carbonyl (C=O) groups excluding carboxylic acids is 3. The average molecular weight is 348 g/mol. The third kappa shape index (κ3) is 21.1. The molecule has 0 aliphatic heterocycles. The maximum Gasteiger partial charge on any atom is 1.00 e. The van der Waals surface area contributed by atoms with Crippen molar-refractivity contribution in [1.29, 1.82) is 0 Å². The Bertz CT molecular complexity index is 340. The second-order valence-electron chi connectivity index (χ2n) is 4.34. The predicted molar refractivity (Wildman–Crippen MR) is 69.4 cm³/mol. The monoisotopic (exact) mass is 348 g/mol. The van der Waals surface area contributed by atoms with Gasteiger partial charge in [-0.15, -0.1) is 0 Å². The summed E-state index contributed by atoms with van der Waals surface area (Å²) < 4.78 is 0. The first kappa shape index (κ1) is 30.1. The molecule has 0 aliphatic rings. The predicted octanol–water partition coefficient (Wildman–Crippen LogP) is -6.54. The van der Waals surface area contributed by atoms with Gasteiger partial charge < -0.3 is 45.0 Å². The molecule has 4 atom stereocenters. The summed E-state index contributed by atoms with van der Waals surface area (Å²) in [6.45, 7) is 6.11. The molecule has 0 aromatic heterocycles. The zero-order chi connectivity index (χ0) is 18.6. The minimum Gasteiger partial charge on any atom is -0.547 e. The molecule has 10 nitrogen and oxygen atoms in total. The molecule has 0 bridgehead atoms. The second-order valence-corrected chi connectivity index (χ2v) is 4.34. The normalized spacial score (nSPS) is 14.1. The molecule has 0 spiro atoms. The summed E-state index contributed by atoms with van der Waals surface area (Å²) in [4.78, 5) is 38.9. The zero-order valence-corrected chi connectivity index (χ0v) is 15.6. The van der Waals surface area contributed by atoms with Gasteiger partial charge in [0.25, 0.3) is 0 Å². The van der Waals surface area contributed by atoms with Crippen LogP contribution >= 0.6 is 0 Å². The van der Waals surface area contributed by atoms with Crippen molar-refractivity contribution in [3.63, 3.8) is 0 Å². The molecule has 0 aromatic rings. The standard InChI is InChI=1S/C6H10O8.2C3H6O.Na/c7-1(3(9)5(11)12)2(8)4(10)6(13)14;2*1-3(2)4;/h1-4,7-10H,(H,11,12)(H,13,14);2*1-2H3;/q;;;+1/p-1/t1-,2-,3-,4+;;;/m1.../s1. The number of rotatable bonds is 5. The van der Waals surface area contributed by atoms with Crippen molar-refractivity contribution in [1.82, 2.24) is 0 Å². The van der Waals surface area contributed by atoms with Crippen molar-refractivity contribution >= 4 is 23.5 Å². The third-order valence-corrected chi connectivity index (χ3v) is 1.49. The van der Waals surface area contributed by atoms with E-state index in [-0.39, 0.29) is 41.1 Å². The molecule has 0 unspecified atom stereocenters. The smallest absolute Gasteiger partial charge is 0.547 e. The Morgan fingerprint density at radius 2 is 0.957 bits per heavy atom. The van der Waals surface area contributed by atoms with E-state index in [0.29, 0.717) is 0 Å². The molecule has 23 heavy (non-hydrogen) atoms. The zero-order valence-electron chi connectivity index (χ0n) is 13.6. The van der Waals surface area contributed by atoms with Crippen LogP contribution in [-0.2, 0) is 19.2 Å². The molecule has 0 fully saturated rings. The van der Waals surface area contributed by atoms with Gasteiger partial charge in [0.2, 0.25) is 0 Å². The van der Waals surface area contributed by atoms with Crippen molar-refractivity contribution in [2.75, 3.05) is 0 Å². The first-order chi connectivity index (χ1) is 9.75. The molecule has 0 rings (SSSR count). The average Bonchev–Trinajstić information content (AvgIpc) is 2.33. The molecule has 5 N–H and O–H groups in total. The van der Waals surface area contributed by atoms with Gasteiger partial charge in [0.05, 0.1) is 5.97 Å². The number of carbonyl (C=O) groups is 4. The summed E-state index contributed by atoms with van der Waals surface area (Å²) in [7, 11) is 0. The molecule has 0 aromatic carbocycles. The topological polar surface area (TPSA) is 192 Å². The first-order valence-electron chi connectivity index (χ1n) is 5.85. The van der Waals surface area contributed by atoms with Crippen LogP contribution < -0.4 is 34.7 Å². The second kappa shape index (κ2) is 16.0. The van der Waals surface area contributed by atoms with Gasteiger partial charge in [0.15, 0.2) is 6.10 Å². The van der Waals surface area contributed by atoms with E-state index in [9.17, 15) is 24.3 Å². The van der Waals surface area contributed by atoms with Crippen molar-refractivity contribution in [3.05, 3.63) is 0 Å². The van der Waals surface area contributed by atoms with Crippen LogP contribution in [-0.4, -0.2) is 73.5 Å². The van der Waals surface area contributed by atoms with Crippen LogP contribution in [0.3, 0.4) is 0 Å². The Labute approximate surface area is 155 Å². The van der Waals surface area contributed by atoms with Gasteiger partial charge in [-0.1, -0.05) is 0 Å². The first-order valence-corrected chi connectivity index (χ1v) is 5.85. The SMILES string of the molecule is CC(C)=O.CC(C)=O.O=C(O)[C@@H](O)[C@H](O)[C@@H](O)[C@@H](O)C(=O)[O-].[Na+]. The van der Waals surface area contributed by atoms with E-state index in [1.165, 1.54) is 27.7 Å². The fourth-order valence-electron chi connectivity index (χ4n) is 0.659. The largest absolute Gasteiger partial charge is 1.00 e. The van der Waals surface area contributed by atoms with Gasteiger partial charge in [-0.2, -0.15) is 0 Å². The summed E-state index contributed by atoms with van der Waals surface area (Å²) in [6, 6.07) is 0.